The summed E-state index contributed by atoms with van der Waals surface area (Å²) in [6, 6.07) is 9.28. The summed E-state index contributed by atoms with van der Waals surface area (Å²) >= 11 is 0. The lowest BCUT2D eigenvalue weighted by Crippen LogP contribution is -2.63. The molecular formula is C33H49NO8S. The van der Waals surface area contributed by atoms with Crippen molar-refractivity contribution in [3.63, 3.8) is 0 Å². The molecule has 4 fully saturated rings. The van der Waals surface area contributed by atoms with E-state index < -0.39 is 22.3 Å². The van der Waals surface area contributed by atoms with Gasteiger partial charge in [0.15, 0.2) is 0 Å². The lowest BCUT2D eigenvalue weighted by molar-refractivity contribution is -0.205. The molecule has 0 heterocycles. The van der Waals surface area contributed by atoms with Gasteiger partial charge in [-0.3, -0.25) is 14.3 Å². The number of ether oxygens (including phenoxy) is 2. The van der Waals surface area contributed by atoms with Crippen molar-refractivity contribution in [3.05, 3.63) is 30.3 Å². The first kappa shape index (κ1) is 32.2. The van der Waals surface area contributed by atoms with E-state index in [1.165, 1.54) is 7.11 Å². The van der Waals surface area contributed by atoms with Crippen LogP contribution in [0.1, 0.15) is 78.6 Å². The number of hydrogen-bond donors (Lipinski definition) is 2. The lowest BCUT2D eigenvalue weighted by Gasteiger charge is -2.64. The van der Waals surface area contributed by atoms with Crippen LogP contribution in [0.4, 0.5) is 10.5 Å². The van der Waals surface area contributed by atoms with E-state index in [4.69, 9.17) is 13.7 Å². The summed E-state index contributed by atoms with van der Waals surface area (Å²) in [6.07, 6.45) is 5.58. The molecule has 0 aromatic heterocycles. The van der Waals surface area contributed by atoms with Crippen molar-refractivity contribution in [3.8, 4) is 0 Å². The molecule has 240 valence electrons. The first-order valence-electron chi connectivity index (χ1n) is 15.9. The molecule has 0 unspecified atom stereocenters. The zero-order valence-corrected chi connectivity index (χ0v) is 27.0. The average Bonchev–Trinajstić information content (AvgIpc) is 3.30. The molecule has 43 heavy (non-hydrogen) atoms. The Morgan fingerprint density at radius 3 is 2.47 bits per heavy atom. The first-order chi connectivity index (χ1) is 20.3. The van der Waals surface area contributed by atoms with Crippen molar-refractivity contribution in [2.24, 2.45) is 46.3 Å². The number of nitrogens with one attached hydrogen (secondary N) is 1. The number of carbonyl (C=O) groups is 2. The molecule has 0 aliphatic heterocycles. The van der Waals surface area contributed by atoms with E-state index in [1.54, 1.807) is 0 Å². The van der Waals surface area contributed by atoms with Gasteiger partial charge in [0.2, 0.25) is 0 Å². The van der Waals surface area contributed by atoms with Crippen molar-refractivity contribution < 1.29 is 36.8 Å². The molecule has 0 radical (unpaired) electrons. The van der Waals surface area contributed by atoms with Gasteiger partial charge in [0, 0.05) is 17.5 Å². The van der Waals surface area contributed by atoms with Crippen molar-refractivity contribution in [2.45, 2.75) is 96.9 Å². The topological polar surface area (TPSA) is 128 Å². The minimum atomic E-state index is -3.57. The molecule has 1 aromatic rings. The predicted octanol–water partition coefficient (Wildman–Crippen LogP) is 5.78. The number of aliphatic hydroxyl groups is 1. The summed E-state index contributed by atoms with van der Waals surface area (Å²) in [5.74, 6) is 0.664. The number of aliphatic hydroxyl groups excluding tert-OH is 1. The van der Waals surface area contributed by atoms with E-state index in [1.807, 2.05) is 30.3 Å². The van der Waals surface area contributed by atoms with E-state index >= 15 is 0 Å². The average molecular weight is 620 g/mol. The van der Waals surface area contributed by atoms with Gasteiger partial charge in [-0.1, -0.05) is 39.0 Å². The Hall–Kier alpha value is -2.17. The SMILES string of the molecule is COC(=O)CC[C@@H](C)[C@H]1CC[C@H]2[C@@H]3[C@H](O)C[C@@H]4C[C@@H](OS(C)(=O)=O)CC[C@]4(C)[C@H]3C[C@H](OC(=O)Nc3ccccc3)[C@]12C. The summed E-state index contributed by atoms with van der Waals surface area (Å²) in [7, 11) is -2.16. The van der Waals surface area contributed by atoms with Gasteiger partial charge in [0.1, 0.15) is 6.10 Å². The standard InChI is InChI=1S/C33H49NO8S/c1-20(11-14-29(36)40-4)24-12-13-25-30-26(19-28(33(24,25)3)41-31(37)34-22-9-7-6-8-10-22)32(2)16-15-23(42-43(5,38)39)17-21(32)18-27(30)35/h6-10,20-21,23-28,30,35H,11-19H2,1-5H3,(H,34,37)/t20-,21+,23+,24-,25+,26+,27-,28+,30+,32+,33-/m1/s1. The van der Waals surface area contributed by atoms with Crippen LogP contribution in [0, 0.1) is 46.3 Å². The molecule has 4 saturated carbocycles. The van der Waals surface area contributed by atoms with Crippen LogP contribution >= 0.6 is 0 Å². The monoisotopic (exact) mass is 619 g/mol. The van der Waals surface area contributed by atoms with Crippen LogP contribution in [0.3, 0.4) is 0 Å². The number of methoxy groups -OCH3 is 1. The molecule has 9 nitrogen and oxygen atoms in total. The van der Waals surface area contributed by atoms with Crippen LogP contribution in [-0.2, 0) is 28.6 Å². The lowest BCUT2D eigenvalue weighted by atomic mass is 9.43. The van der Waals surface area contributed by atoms with Crippen molar-refractivity contribution in [1.29, 1.82) is 0 Å². The fraction of sp³-hybridized carbons (Fsp3) is 0.758. The molecule has 11 atom stereocenters. The highest BCUT2D eigenvalue weighted by molar-refractivity contribution is 7.86. The molecular weight excluding hydrogens is 570 g/mol. The Balaban J connectivity index is 1.44. The molecule has 0 spiro atoms. The number of fused-ring (bicyclic) bond motifs is 5. The maximum Gasteiger partial charge on any atom is 0.411 e. The van der Waals surface area contributed by atoms with Crippen LogP contribution in [0.15, 0.2) is 30.3 Å². The largest absolute Gasteiger partial charge is 0.469 e. The molecule has 0 bridgehead atoms. The van der Waals surface area contributed by atoms with Crippen LogP contribution in [-0.4, -0.2) is 57.3 Å². The summed E-state index contributed by atoms with van der Waals surface area (Å²) in [5.41, 5.74) is 0.168. The van der Waals surface area contributed by atoms with Gasteiger partial charge in [0.05, 0.1) is 25.6 Å². The van der Waals surface area contributed by atoms with Crippen molar-refractivity contribution >= 4 is 27.9 Å². The second-order valence-corrected chi connectivity index (χ2v) is 15.9. The minimum absolute atomic E-state index is 0.0634. The number of rotatable bonds is 8. The van der Waals surface area contributed by atoms with E-state index in [0.717, 1.165) is 25.5 Å². The van der Waals surface area contributed by atoms with Crippen LogP contribution in [0.2, 0.25) is 0 Å². The van der Waals surface area contributed by atoms with Gasteiger partial charge in [-0.15, -0.1) is 0 Å². The number of benzene rings is 1. The second-order valence-electron chi connectivity index (χ2n) is 14.3. The number of anilines is 1. The molecule has 4 aliphatic carbocycles. The molecule has 1 aromatic carbocycles. The third-order valence-corrected chi connectivity index (χ3v) is 12.7. The maximum absolute atomic E-state index is 13.4. The number of hydrogen-bond acceptors (Lipinski definition) is 8. The summed E-state index contributed by atoms with van der Waals surface area (Å²) in [5, 5.41) is 14.7. The van der Waals surface area contributed by atoms with E-state index in [9.17, 15) is 23.1 Å². The van der Waals surface area contributed by atoms with Gasteiger partial charge in [-0.05, 0) is 104 Å². The fourth-order valence-corrected chi connectivity index (χ4v) is 10.7. The Labute approximate surface area is 256 Å². The van der Waals surface area contributed by atoms with Gasteiger partial charge in [0.25, 0.3) is 10.1 Å². The molecule has 2 N–H and O–H groups in total. The Morgan fingerprint density at radius 2 is 1.79 bits per heavy atom. The second kappa shape index (κ2) is 12.3. The van der Waals surface area contributed by atoms with Crippen LogP contribution in [0.5, 0.6) is 0 Å². The van der Waals surface area contributed by atoms with Crippen LogP contribution < -0.4 is 5.32 Å². The predicted molar refractivity (Wildman–Crippen MR) is 162 cm³/mol. The number of esters is 1. The third-order valence-electron chi connectivity index (χ3n) is 12.1. The van der Waals surface area contributed by atoms with E-state index in [2.05, 4.69) is 26.1 Å². The van der Waals surface area contributed by atoms with Gasteiger partial charge in [-0.2, -0.15) is 8.42 Å². The minimum Gasteiger partial charge on any atom is -0.469 e. The number of para-hydroxylation sites is 1. The highest BCUT2D eigenvalue weighted by atomic mass is 32.2. The van der Waals surface area contributed by atoms with E-state index in [0.29, 0.717) is 44.2 Å². The summed E-state index contributed by atoms with van der Waals surface area (Å²) < 4.78 is 40.6. The first-order valence-corrected chi connectivity index (χ1v) is 17.7. The highest BCUT2D eigenvalue weighted by Crippen LogP contribution is 2.69. The van der Waals surface area contributed by atoms with Crippen molar-refractivity contribution in [2.75, 3.05) is 18.7 Å². The van der Waals surface area contributed by atoms with Gasteiger partial charge in [-0.25, -0.2) is 4.79 Å². The molecule has 5 rings (SSSR count). The summed E-state index contributed by atoms with van der Waals surface area (Å²) in [6.45, 7) is 6.73. The smallest absolute Gasteiger partial charge is 0.411 e. The third kappa shape index (κ3) is 6.34. The molecule has 10 heteroatoms. The van der Waals surface area contributed by atoms with Gasteiger partial charge < -0.3 is 14.6 Å². The Kier molecular flexibility index (Phi) is 9.23. The van der Waals surface area contributed by atoms with Crippen molar-refractivity contribution in [1.82, 2.24) is 0 Å². The number of carbonyl (C=O) groups excluding carboxylic acids is 2. The Morgan fingerprint density at radius 1 is 1.07 bits per heavy atom. The van der Waals surface area contributed by atoms with Crippen LogP contribution in [0.25, 0.3) is 0 Å². The quantitative estimate of drug-likeness (QED) is 0.277. The summed E-state index contributed by atoms with van der Waals surface area (Å²) in [4.78, 5) is 25.4. The number of amides is 1. The molecule has 0 saturated heterocycles. The highest BCUT2D eigenvalue weighted by Gasteiger charge is 2.67. The van der Waals surface area contributed by atoms with E-state index in [-0.39, 0.29) is 64.5 Å². The molecule has 4 aliphatic rings. The zero-order chi connectivity index (χ0) is 31.2. The normalized spacial score (nSPS) is 39.5. The zero-order valence-electron chi connectivity index (χ0n) is 26.2. The van der Waals surface area contributed by atoms with Gasteiger partial charge >= 0.3 is 12.1 Å². The fourth-order valence-electron chi connectivity index (χ4n) is 10.0. The Bertz CT molecular complexity index is 1270. The molecule has 1 amide bonds. The maximum atomic E-state index is 13.4.